The molecule has 168 valence electrons. The Morgan fingerprint density at radius 2 is 2.00 bits per heavy atom. The summed E-state index contributed by atoms with van der Waals surface area (Å²) in [4.78, 5) is 43.5. The van der Waals surface area contributed by atoms with E-state index in [-0.39, 0.29) is 23.3 Å². The molecule has 2 heterocycles. The van der Waals surface area contributed by atoms with Crippen molar-refractivity contribution in [2.75, 3.05) is 0 Å². The lowest BCUT2D eigenvalue weighted by atomic mass is 10.0. The van der Waals surface area contributed by atoms with Crippen molar-refractivity contribution in [2.24, 2.45) is 10.7 Å². The maximum Gasteiger partial charge on any atom is 0.274 e. The van der Waals surface area contributed by atoms with Gasteiger partial charge in [0.2, 0.25) is 17.8 Å². The van der Waals surface area contributed by atoms with Crippen molar-refractivity contribution in [1.29, 1.82) is 5.26 Å². The molecule has 0 spiro atoms. The molecule has 2 aliphatic rings. The average molecular weight is 465 g/mol. The number of carbonyl (C=O) groups excluding carboxylic acids is 3. The largest absolute Gasteiger partial charge is 0.368 e. The zero-order valence-electron chi connectivity index (χ0n) is 17.8. The van der Waals surface area contributed by atoms with Gasteiger partial charge in [0.25, 0.3) is 5.91 Å². The van der Waals surface area contributed by atoms with Crippen LogP contribution in [0.15, 0.2) is 41.4 Å². The SMILES string of the molecule is Cc1ccc(N=C(N)N(C#N)C(=O)c2ccc3c(c2)CN(C2CCC(=O)NC2=O)C3)cc1Cl. The normalized spacial score (nSPS) is 18.5. The molecule has 1 saturated heterocycles. The number of imide groups is 1. The van der Waals surface area contributed by atoms with E-state index in [0.29, 0.717) is 36.6 Å². The Hall–Kier alpha value is -3.74. The minimum Gasteiger partial charge on any atom is -0.368 e. The number of guanidine groups is 1. The maximum absolute atomic E-state index is 13.0. The molecule has 4 rings (SSSR count). The standard InChI is InChI=1S/C23H21ClN6O3/c1-13-2-5-17(9-18(13)24)27-23(26)30(12-25)22(33)14-3-4-15-10-29(11-16(15)8-14)19-6-7-20(31)28-21(19)32/h2-5,8-9,19H,6-7,10-11H2,1H3,(H2,26,27)(H,28,31,32). The molecule has 0 bridgehead atoms. The lowest BCUT2D eigenvalue weighted by Gasteiger charge is -2.29. The van der Waals surface area contributed by atoms with Gasteiger partial charge in [-0.15, -0.1) is 0 Å². The van der Waals surface area contributed by atoms with Crippen LogP contribution in [0.2, 0.25) is 5.02 Å². The van der Waals surface area contributed by atoms with E-state index >= 15 is 0 Å². The summed E-state index contributed by atoms with van der Waals surface area (Å²) in [5.74, 6) is -1.44. The number of hydrogen-bond donors (Lipinski definition) is 2. The molecule has 33 heavy (non-hydrogen) atoms. The number of hydrogen-bond acceptors (Lipinski definition) is 6. The van der Waals surface area contributed by atoms with Gasteiger partial charge in [0.1, 0.15) is 0 Å². The summed E-state index contributed by atoms with van der Waals surface area (Å²) in [5, 5.41) is 12.4. The number of aryl methyl sites for hydroxylation is 1. The van der Waals surface area contributed by atoms with Crippen LogP contribution in [-0.4, -0.2) is 39.5 Å². The van der Waals surface area contributed by atoms with Crippen LogP contribution < -0.4 is 11.1 Å². The number of amides is 3. The Labute approximate surface area is 195 Å². The van der Waals surface area contributed by atoms with E-state index in [1.807, 2.05) is 11.8 Å². The highest BCUT2D eigenvalue weighted by Gasteiger charge is 2.35. The van der Waals surface area contributed by atoms with Gasteiger partial charge in [-0.1, -0.05) is 23.7 Å². The third-order valence-corrected chi connectivity index (χ3v) is 6.19. The third-order valence-electron chi connectivity index (χ3n) is 5.78. The molecule has 2 aromatic rings. The first-order valence-corrected chi connectivity index (χ1v) is 10.7. The Balaban J connectivity index is 1.52. The average Bonchev–Trinajstić information content (AvgIpc) is 3.19. The number of nitrogens with two attached hydrogens (primary N) is 1. The summed E-state index contributed by atoms with van der Waals surface area (Å²) in [6.45, 7) is 2.84. The molecule has 1 atom stereocenters. The Kier molecular flexibility index (Phi) is 6.14. The number of halogens is 1. The maximum atomic E-state index is 13.0. The predicted octanol–water partition coefficient (Wildman–Crippen LogP) is 2.34. The minimum atomic E-state index is -0.612. The second-order valence-electron chi connectivity index (χ2n) is 8.00. The van der Waals surface area contributed by atoms with E-state index in [4.69, 9.17) is 17.3 Å². The highest BCUT2D eigenvalue weighted by Crippen LogP contribution is 2.28. The molecular formula is C23H21ClN6O3. The minimum absolute atomic E-state index is 0.260. The molecule has 0 radical (unpaired) electrons. The molecule has 3 amide bonds. The van der Waals surface area contributed by atoms with E-state index in [1.165, 1.54) is 0 Å². The number of nitrogens with zero attached hydrogens (tertiary/aromatic N) is 4. The number of carbonyl (C=O) groups is 3. The van der Waals surface area contributed by atoms with Crippen molar-refractivity contribution in [3.8, 4) is 6.19 Å². The molecule has 9 nitrogen and oxygen atoms in total. The molecule has 1 unspecified atom stereocenters. The van der Waals surface area contributed by atoms with Crippen LogP contribution in [0.1, 0.15) is 39.9 Å². The smallest absolute Gasteiger partial charge is 0.274 e. The van der Waals surface area contributed by atoms with Crippen molar-refractivity contribution in [2.45, 2.75) is 38.9 Å². The molecule has 0 saturated carbocycles. The highest BCUT2D eigenvalue weighted by molar-refractivity contribution is 6.31. The highest BCUT2D eigenvalue weighted by atomic mass is 35.5. The van der Waals surface area contributed by atoms with Crippen molar-refractivity contribution in [3.63, 3.8) is 0 Å². The zero-order valence-corrected chi connectivity index (χ0v) is 18.6. The second-order valence-corrected chi connectivity index (χ2v) is 8.41. The number of nitrogens with one attached hydrogen (secondary N) is 1. The summed E-state index contributed by atoms with van der Waals surface area (Å²) >= 11 is 6.11. The fourth-order valence-corrected chi connectivity index (χ4v) is 4.14. The summed E-state index contributed by atoms with van der Waals surface area (Å²) in [5.41, 5.74) is 9.38. The summed E-state index contributed by atoms with van der Waals surface area (Å²) in [6.07, 6.45) is 2.55. The van der Waals surface area contributed by atoms with Crippen molar-refractivity contribution < 1.29 is 14.4 Å². The van der Waals surface area contributed by atoms with Crippen LogP contribution in [0.4, 0.5) is 5.69 Å². The lowest BCUT2D eigenvalue weighted by molar-refractivity contribution is -0.137. The first-order valence-electron chi connectivity index (χ1n) is 10.3. The van der Waals surface area contributed by atoms with E-state index in [1.54, 1.807) is 42.6 Å². The van der Waals surface area contributed by atoms with Gasteiger partial charge in [-0.05, 0) is 54.3 Å². The van der Waals surface area contributed by atoms with E-state index < -0.39 is 11.9 Å². The van der Waals surface area contributed by atoms with E-state index in [0.717, 1.165) is 21.6 Å². The molecule has 1 fully saturated rings. The Morgan fingerprint density at radius 1 is 1.24 bits per heavy atom. The monoisotopic (exact) mass is 464 g/mol. The fraction of sp³-hybridized carbons (Fsp3) is 0.261. The van der Waals surface area contributed by atoms with Crippen LogP contribution in [0.3, 0.4) is 0 Å². The quantitative estimate of drug-likeness (QED) is 0.235. The molecule has 0 aliphatic carbocycles. The van der Waals surface area contributed by atoms with Gasteiger partial charge >= 0.3 is 0 Å². The Morgan fingerprint density at radius 3 is 2.70 bits per heavy atom. The molecule has 2 aromatic carbocycles. The number of fused-ring (bicyclic) bond motifs is 1. The first-order chi connectivity index (χ1) is 15.8. The Bertz CT molecular complexity index is 1240. The number of aliphatic imine (C=N–C) groups is 1. The van der Waals surface area contributed by atoms with E-state index in [9.17, 15) is 19.6 Å². The van der Waals surface area contributed by atoms with Crippen molar-refractivity contribution in [1.82, 2.24) is 15.1 Å². The predicted molar refractivity (Wildman–Crippen MR) is 121 cm³/mol. The molecular weight excluding hydrogens is 444 g/mol. The van der Waals surface area contributed by atoms with Gasteiger partial charge in [-0.3, -0.25) is 24.6 Å². The topological polar surface area (TPSA) is 132 Å². The summed E-state index contributed by atoms with van der Waals surface area (Å²) in [6, 6.07) is 9.78. The third kappa shape index (κ3) is 4.58. The van der Waals surface area contributed by atoms with Crippen LogP contribution in [0.25, 0.3) is 0 Å². The molecule has 0 aromatic heterocycles. The number of piperidine rings is 1. The lowest BCUT2D eigenvalue weighted by Crippen LogP contribution is -2.50. The fourth-order valence-electron chi connectivity index (χ4n) is 3.97. The van der Waals surface area contributed by atoms with Gasteiger partial charge < -0.3 is 5.73 Å². The van der Waals surface area contributed by atoms with Crippen LogP contribution in [0.5, 0.6) is 0 Å². The van der Waals surface area contributed by atoms with Gasteiger partial charge in [0.15, 0.2) is 6.19 Å². The van der Waals surface area contributed by atoms with Crippen LogP contribution >= 0.6 is 11.6 Å². The summed E-state index contributed by atoms with van der Waals surface area (Å²) < 4.78 is 0. The summed E-state index contributed by atoms with van der Waals surface area (Å²) in [7, 11) is 0. The number of rotatable bonds is 3. The van der Waals surface area contributed by atoms with Gasteiger partial charge in [-0.2, -0.15) is 10.2 Å². The van der Waals surface area contributed by atoms with Crippen LogP contribution in [-0.2, 0) is 22.7 Å². The van der Waals surface area contributed by atoms with Gasteiger partial charge in [0, 0.05) is 30.1 Å². The molecule has 10 heteroatoms. The molecule has 3 N–H and O–H groups in total. The number of nitriles is 1. The first kappa shape index (κ1) is 22.5. The van der Waals surface area contributed by atoms with Crippen molar-refractivity contribution in [3.05, 3.63) is 63.7 Å². The van der Waals surface area contributed by atoms with Gasteiger partial charge in [0.05, 0.1) is 11.7 Å². The zero-order chi connectivity index (χ0) is 23.7. The van der Waals surface area contributed by atoms with Crippen molar-refractivity contribution >= 4 is 41.0 Å². The molecule has 2 aliphatic heterocycles. The second kappa shape index (κ2) is 9.02. The van der Waals surface area contributed by atoms with Crippen LogP contribution in [0, 0.1) is 18.4 Å². The van der Waals surface area contributed by atoms with E-state index in [2.05, 4.69) is 10.3 Å². The number of benzene rings is 2. The van der Waals surface area contributed by atoms with Gasteiger partial charge in [-0.25, -0.2) is 4.99 Å².